The SMILES string of the molecule is CS(=O)(=O)CC1(CC(=O)N2CCCCC2CNC(=O)CCN)CC1. The zero-order valence-corrected chi connectivity index (χ0v) is 15.2. The first-order valence-corrected chi connectivity index (χ1v) is 10.7. The Balaban J connectivity index is 1.92. The minimum atomic E-state index is -3.08. The topological polar surface area (TPSA) is 110 Å². The van der Waals surface area contributed by atoms with Gasteiger partial charge in [-0.1, -0.05) is 0 Å². The van der Waals surface area contributed by atoms with E-state index in [1.54, 1.807) is 0 Å². The number of sulfone groups is 1. The smallest absolute Gasteiger partial charge is 0.223 e. The summed E-state index contributed by atoms with van der Waals surface area (Å²) < 4.78 is 23.1. The Morgan fingerprint density at radius 3 is 2.58 bits per heavy atom. The number of hydrogen-bond acceptors (Lipinski definition) is 5. The van der Waals surface area contributed by atoms with Crippen LogP contribution in [0.25, 0.3) is 0 Å². The molecule has 0 aromatic carbocycles. The molecular formula is C16H29N3O4S. The van der Waals surface area contributed by atoms with Crippen molar-refractivity contribution in [2.45, 2.75) is 51.0 Å². The molecule has 0 spiro atoms. The van der Waals surface area contributed by atoms with Crippen LogP contribution in [0.2, 0.25) is 0 Å². The Hall–Kier alpha value is -1.15. The van der Waals surface area contributed by atoms with Gasteiger partial charge in [-0.05, 0) is 37.5 Å². The molecule has 8 heteroatoms. The number of amides is 2. The second-order valence-corrected chi connectivity index (χ2v) is 9.47. The molecule has 1 unspecified atom stereocenters. The fourth-order valence-electron chi connectivity index (χ4n) is 3.52. The lowest BCUT2D eigenvalue weighted by Gasteiger charge is -2.36. The van der Waals surface area contributed by atoms with Crippen LogP contribution < -0.4 is 11.1 Å². The number of nitrogens with one attached hydrogen (secondary N) is 1. The van der Waals surface area contributed by atoms with Crippen molar-refractivity contribution in [2.75, 3.05) is 31.6 Å². The minimum Gasteiger partial charge on any atom is -0.354 e. The maximum atomic E-state index is 12.7. The molecule has 1 atom stereocenters. The summed E-state index contributed by atoms with van der Waals surface area (Å²) in [5.74, 6) is 0.0254. The van der Waals surface area contributed by atoms with E-state index in [9.17, 15) is 18.0 Å². The average molecular weight is 359 g/mol. The first kappa shape index (κ1) is 19.2. The van der Waals surface area contributed by atoms with Gasteiger partial charge in [0.05, 0.1) is 5.75 Å². The van der Waals surface area contributed by atoms with Crippen LogP contribution in [-0.4, -0.2) is 62.8 Å². The van der Waals surface area contributed by atoms with Crippen LogP contribution in [0.15, 0.2) is 0 Å². The first-order chi connectivity index (χ1) is 11.2. The van der Waals surface area contributed by atoms with Crippen LogP contribution in [0, 0.1) is 5.41 Å². The summed E-state index contributed by atoms with van der Waals surface area (Å²) in [4.78, 5) is 26.2. The van der Waals surface area contributed by atoms with Crippen molar-refractivity contribution < 1.29 is 18.0 Å². The number of nitrogens with two attached hydrogens (primary N) is 1. The van der Waals surface area contributed by atoms with E-state index in [2.05, 4.69) is 5.32 Å². The van der Waals surface area contributed by atoms with E-state index in [1.165, 1.54) is 6.26 Å². The second-order valence-electron chi connectivity index (χ2n) is 7.33. The van der Waals surface area contributed by atoms with Gasteiger partial charge >= 0.3 is 0 Å². The molecule has 2 aliphatic rings. The highest BCUT2D eigenvalue weighted by atomic mass is 32.2. The van der Waals surface area contributed by atoms with Crippen LogP contribution in [0.3, 0.4) is 0 Å². The second kappa shape index (κ2) is 7.82. The van der Waals surface area contributed by atoms with Gasteiger partial charge in [0, 0.05) is 44.8 Å². The summed E-state index contributed by atoms with van der Waals surface area (Å²) in [6, 6.07) is 0.00186. The quantitative estimate of drug-likeness (QED) is 0.636. The van der Waals surface area contributed by atoms with Crippen molar-refractivity contribution in [1.82, 2.24) is 10.2 Å². The Morgan fingerprint density at radius 1 is 1.29 bits per heavy atom. The Bertz CT molecular complexity index is 572. The van der Waals surface area contributed by atoms with Crippen LogP contribution in [0.1, 0.15) is 44.9 Å². The highest BCUT2D eigenvalue weighted by Crippen LogP contribution is 2.50. The number of rotatable bonds is 8. The van der Waals surface area contributed by atoms with E-state index in [1.807, 2.05) is 4.90 Å². The molecule has 2 rings (SSSR count). The van der Waals surface area contributed by atoms with Crippen LogP contribution in [0.4, 0.5) is 0 Å². The standard InChI is InChI=1S/C16H29N3O4S/c1-24(22,23)12-16(6-7-16)10-15(21)19-9-3-2-4-13(19)11-18-14(20)5-8-17/h13H,2-12,17H2,1H3,(H,18,20). The van der Waals surface area contributed by atoms with Gasteiger partial charge in [-0.3, -0.25) is 9.59 Å². The number of hydrogen-bond donors (Lipinski definition) is 2. The van der Waals surface area contributed by atoms with E-state index in [0.29, 0.717) is 26.1 Å². The van der Waals surface area contributed by atoms with Crippen molar-refractivity contribution in [3.63, 3.8) is 0 Å². The summed E-state index contributed by atoms with van der Waals surface area (Å²) in [7, 11) is -3.08. The van der Waals surface area contributed by atoms with Crippen LogP contribution >= 0.6 is 0 Å². The molecule has 1 saturated carbocycles. The third-order valence-corrected chi connectivity index (χ3v) is 6.04. The van der Waals surface area contributed by atoms with E-state index >= 15 is 0 Å². The molecule has 2 fully saturated rings. The third kappa shape index (κ3) is 5.73. The van der Waals surface area contributed by atoms with E-state index in [4.69, 9.17) is 5.73 Å². The normalized spacial score (nSPS) is 22.9. The number of likely N-dealkylation sites (tertiary alicyclic amines) is 1. The number of nitrogens with zero attached hydrogens (tertiary/aromatic N) is 1. The molecule has 1 heterocycles. The van der Waals surface area contributed by atoms with Gasteiger partial charge in [-0.25, -0.2) is 8.42 Å². The molecule has 0 bridgehead atoms. The first-order valence-electron chi connectivity index (χ1n) is 8.69. The summed E-state index contributed by atoms with van der Waals surface area (Å²) in [5, 5.41) is 2.85. The molecule has 0 aromatic rings. The maximum absolute atomic E-state index is 12.7. The van der Waals surface area contributed by atoms with Gasteiger partial charge in [0.1, 0.15) is 9.84 Å². The molecular weight excluding hydrogens is 330 g/mol. The van der Waals surface area contributed by atoms with Gasteiger partial charge in [-0.2, -0.15) is 0 Å². The molecule has 0 aromatic heterocycles. The van der Waals surface area contributed by atoms with Crippen molar-refractivity contribution in [2.24, 2.45) is 11.1 Å². The summed E-state index contributed by atoms with van der Waals surface area (Å²) in [5.41, 5.74) is 5.01. The Morgan fingerprint density at radius 2 is 2.00 bits per heavy atom. The number of carbonyl (C=O) groups excluding carboxylic acids is 2. The molecule has 24 heavy (non-hydrogen) atoms. The zero-order chi connectivity index (χ0) is 17.8. The lowest BCUT2D eigenvalue weighted by atomic mass is 9.98. The molecule has 138 valence electrons. The summed E-state index contributed by atoms with van der Waals surface area (Å²) in [6.07, 6.45) is 6.29. The third-order valence-electron chi connectivity index (χ3n) is 4.91. The van der Waals surface area contributed by atoms with Gasteiger partial charge in [-0.15, -0.1) is 0 Å². The molecule has 1 aliphatic carbocycles. The van der Waals surface area contributed by atoms with Gasteiger partial charge in [0.25, 0.3) is 0 Å². The number of piperidine rings is 1. The lowest BCUT2D eigenvalue weighted by Crippen LogP contribution is -2.50. The van der Waals surface area contributed by atoms with Crippen molar-refractivity contribution in [3.05, 3.63) is 0 Å². The number of carbonyl (C=O) groups is 2. The summed E-state index contributed by atoms with van der Waals surface area (Å²) in [6.45, 7) is 1.45. The molecule has 7 nitrogen and oxygen atoms in total. The summed E-state index contributed by atoms with van der Waals surface area (Å²) >= 11 is 0. The highest BCUT2D eigenvalue weighted by Gasteiger charge is 2.47. The highest BCUT2D eigenvalue weighted by molar-refractivity contribution is 7.90. The van der Waals surface area contributed by atoms with E-state index in [-0.39, 0.29) is 35.4 Å². The van der Waals surface area contributed by atoms with Gasteiger partial charge < -0.3 is 16.0 Å². The minimum absolute atomic E-state index is 0.00186. The zero-order valence-electron chi connectivity index (χ0n) is 14.4. The van der Waals surface area contributed by atoms with Gasteiger partial charge in [0.2, 0.25) is 11.8 Å². The maximum Gasteiger partial charge on any atom is 0.223 e. The van der Waals surface area contributed by atoms with Crippen LogP contribution in [-0.2, 0) is 19.4 Å². The van der Waals surface area contributed by atoms with E-state index < -0.39 is 9.84 Å². The predicted molar refractivity (Wildman–Crippen MR) is 92.0 cm³/mol. The molecule has 1 saturated heterocycles. The Labute approximate surface area is 144 Å². The van der Waals surface area contributed by atoms with Crippen molar-refractivity contribution >= 4 is 21.7 Å². The van der Waals surface area contributed by atoms with Crippen molar-refractivity contribution in [3.8, 4) is 0 Å². The fraction of sp³-hybridized carbons (Fsp3) is 0.875. The van der Waals surface area contributed by atoms with Crippen molar-refractivity contribution in [1.29, 1.82) is 0 Å². The largest absolute Gasteiger partial charge is 0.354 e. The average Bonchev–Trinajstić information content (AvgIpc) is 3.22. The predicted octanol–water partition coefficient (Wildman–Crippen LogP) is 0.0474. The fourth-order valence-corrected chi connectivity index (χ4v) is 5.02. The van der Waals surface area contributed by atoms with E-state index in [0.717, 1.165) is 32.1 Å². The molecule has 3 N–H and O–H groups in total. The van der Waals surface area contributed by atoms with Crippen LogP contribution in [0.5, 0.6) is 0 Å². The lowest BCUT2D eigenvalue weighted by molar-refractivity contribution is -0.136. The molecule has 1 aliphatic heterocycles. The monoisotopic (exact) mass is 359 g/mol. The van der Waals surface area contributed by atoms with Gasteiger partial charge in [0.15, 0.2) is 0 Å². The molecule has 0 radical (unpaired) electrons. The Kier molecular flexibility index (Phi) is 6.25. The molecule has 2 amide bonds.